The fraction of sp³-hybridized carbons (Fsp3) is 0.222. The lowest BCUT2D eigenvalue weighted by Crippen LogP contribution is -2.31. The fourth-order valence-corrected chi connectivity index (χ4v) is 3.03. The van der Waals surface area contributed by atoms with Crippen LogP contribution in [0.2, 0.25) is 0 Å². The molecule has 0 saturated carbocycles. The third kappa shape index (κ3) is 2.78. The number of anilines is 1. The van der Waals surface area contributed by atoms with Gasteiger partial charge in [-0.25, -0.2) is 0 Å². The van der Waals surface area contributed by atoms with Crippen LogP contribution in [0.1, 0.15) is 24.8 Å². The second-order valence-electron chi connectivity index (χ2n) is 5.85. The van der Waals surface area contributed by atoms with Gasteiger partial charge < -0.3 is 0 Å². The number of rotatable bonds is 4. The Hall–Kier alpha value is -3.02. The summed E-state index contributed by atoms with van der Waals surface area (Å²) in [7, 11) is 0. The van der Waals surface area contributed by atoms with Crippen molar-refractivity contribution in [2.75, 3.05) is 4.90 Å². The first-order chi connectivity index (χ1) is 11.5. The molecule has 6 nitrogen and oxygen atoms in total. The van der Waals surface area contributed by atoms with Crippen LogP contribution in [0, 0.1) is 16.0 Å². The Bertz CT molecular complexity index is 786. The van der Waals surface area contributed by atoms with Crippen molar-refractivity contribution in [2.24, 2.45) is 5.92 Å². The summed E-state index contributed by atoms with van der Waals surface area (Å²) in [4.78, 5) is 36.4. The lowest BCUT2D eigenvalue weighted by molar-refractivity contribution is -0.384. The molecule has 24 heavy (non-hydrogen) atoms. The van der Waals surface area contributed by atoms with E-state index in [0.717, 1.165) is 10.5 Å². The number of amides is 2. The first-order valence-corrected chi connectivity index (χ1v) is 7.65. The molecule has 0 bridgehead atoms. The van der Waals surface area contributed by atoms with Gasteiger partial charge in [0.05, 0.1) is 16.5 Å². The van der Waals surface area contributed by atoms with E-state index in [9.17, 15) is 19.7 Å². The zero-order valence-electron chi connectivity index (χ0n) is 13.1. The molecule has 0 unspecified atom stereocenters. The minimum absolute atomic E-state index is 0.0768. The molecule has 0 aliphatic carbocycles. The van der Waals surface area contributed by atoms with Crippen LogP contribution in [0.4, 0.5) is 11.4 Å². The average molecular weight is 324 g/mol. The molecule has 0 aromatic heterocycles. The summed E-state index contributed by atoms with van der Waals surface area (Å²) in [5, 5.41) is 10.7. The van der Waals surface area contributed by atoms with Gasteiger partial charge in [0.15, 0.2) is 0 Å². The molecule has 2 aromatic rings. The van der Waals surface area contributed by atoms with Crippen molar-refractivity contribution in [3.05, 3.63) is 70.3 Å². The Morgan fingerprint density at radius 2 is 1.71 bits per heavy atom. The van der Waals surface area contributed by atoms with Crippen LogP contribution in [0.5, 0.6) is 0 Å². The molecule has 2 amide bonds. The largest absolute Gasteiger partial charge is 0.274 e. The number of nitro benzene ring substituents is 1. The summed E-state index contributed by atoms with van der Waals surface area (Å²) >= 11 is 0. The van der Waals surface area contributed by atoms with Gasteiger partial charge in [-0.05, 0) is 23.6 Å². The monoisotopic (exact) mass is 324 g/mol. The molecular formula is C18H16N2O4. The van der Waals surface area contributed by atoms with Crippen molar-refractivity contribution in [3.63, 3.8) is 0 Å². The fourth-order valence-electron chi connectivity index (χ4n) is 3.03. The van der Waals surface area contributed by atoms with E-state index >= 15 is 0 Å². The Morgan fingerprint density at radius 1 is 1.08 bits per heavy atom. The van der Waals surface area contributed by atoms with Crippen LogP contribution in [0.15, 0.2) is 54.6 Å². The number of benzene rings is 2. The van der Waals surface area contributed by atoms with Crippen LogP contribution in [-0.4, -0.2) is 16.7 Å². The first-order valence-electron chi connectivity index (χ1n) is 7.65. The Balaban J connectivity index is 1.85. The van der Waals surface area contributed by atoms with E-state index in [1.54, 1.807) is 0 Å². The molecule has 1 aliphatic rings. The highest BCUT2D eigenvalue weighted by Crippen LogP contribution is 2.36. The predicted molar refractivity (Wildman–Crippen MR) is 88.6 cm³/mol. The smallest absolute Gasteiger partial charge is 0.269 e. The summed E-state index contributed by atoms with van der Waals surface area (Å²) in [5.41, 5.74) is 1.31. The van der Waals surface area contributed by atoms with Gasteiger partial charge in [-0.1, -0.05) is 37.3 Å². The van der Waals surface area contributed by atoms with E-state index in [-0.39, 0.29) is 29.8 Å². The Labute approximate surface area is 138 Å². The highest BCUT2D eigenvalue weighted by molar-refractivity contribution is 6.21. The molecule has 2 aromatic carbocycles. The van der Waals surface area contributed by atoms with E-state index < -0.39 is 10.8 Å². The van der Waals surface area contributed by atoms with Crippen LogP contribution >= 0.6 is 0 Å². The first kappa shape index (κ1) is 15.9. The van der Waals surface area contributed by atoms with Gasteiger partial charge in [0.1, 0.15) is 0 Å². The Kier molecular flexibility index (Phi) is 4.12. The van der Waals surface area contributed by atoms with E-state index in [1.807, 2.05) is 37.3 Å². The van der Waals surface area contributed by atoms with Crippen molar-refractivity contribution in [2.45, 2.75) is 19.3 Å². The average Bonchev–Trinajstić information content (AvgIpc) is 2.89. The maximum Gasteiger partial charge on any atom is 0.269 e. The topological polar surface area (TPSA) is 80.5 Å². The minimum atomic E-state index is -0.516. The third-order valence-corrected chi connectivity index (χ3v) is 4.43. The van der Waals surface area contributed by atoms with E-state index in [2.05, 4.69) is 0 Å². The van der Waals surface area contributed by atoms with Crippen LogP contribution in [-0.2, 0) is 9.59 Å². The number of imide groups is 1. The molecular weight excluding hydrogens is 308 g/mol. The summed E-state index contributed by atoms with van der Waals surface area (Å²) in [5.74, 6) is -1.03. The van der Waals surface area contributed by atoms with Gasteiger partial charge in [0.2, 0.25) is 11.8 Å². The van der Waals surface area contributed by atoms with Gasteiger partial charge in [-0.15, -0.1) is 0 Å². The quantitative estimate of drug-likeness (QED) is 0.491. The summed E-state index contributed by atoms with van der Waals surface area (Å²) in [6.07, 6.45) is 0.145. The lowest BCUT2D eigenvalue weighted by atomic mass is 9.86. The molecule has 3 rings (SSSR count). The number of nitrogens with zero attached hydrogens (tertiary/aromatic N) is 2. The maximum atomic E-state index is 12.7. The molecule has 1 fully saturated rings. The SMILES string of the molecule is C[C@H](c1ccccc1)[C@H]1CC(=O)N(c2ccc([N+](=O)[O-])cc2)C1=O. The third-order valence-electron chi connectivity index (χ3n) is 4.43. The molecule has 0 spiro atoms. The summed E-state index contributed by atoms with van der Waals surface area (Å²) in [6, 6.07) is 15.1. The molecule has 122 valence electrons. The van der Waals surface area contributed by atoms with Crippen molar-refractivity contribution < 1.29 is 14.5 Å². The normalized spacial score (nSPS) is 18.7. The maximum absolute atomic E-state index is 12.7. The van der Waals surface area contributed by atoms with Crippen molar-refractivity contribution in [1.29, 1.82) is 0 Å². The summed E-state index contributed by atoms with van der Waals surface area (Å²) in [6.45, 7) is 1.94. The van der Waals surface area contributed by atoms with Crippen molar-refractivity contribution in [3.8, 4) is 0 Å². The molecule has 6 heteroatoms. The molecule has 1 aliphatic heterocycles. The van der Waals surface area contributed by atoms with Gasteiger partial charge in [-0.3, -0.25) is 24.6 Å². The number of non-ortho nitro benzene ring substituents is 1. The number of nitro groups is 1. The van der Waals surface area contributed by atoms with E-state index in [0.29, 0.717) is 5.69 Å². The molecule has 0 N–H and O–H groups in total. The van der Waals surface area contributed by atoms with Gasteiger partial charge in [-0.2, -0.15) is 0 Å². The van der Waals surface area contributed by atoms with Crippen LogP contribution < -0.4 is 4.90 Å². The van der Waals surface area contributed by atoms with Crippen LogP contribution in [0.25, 0.3) is 0 Å². The van der Waals surface area contributed by atoms with Gasteiger partial charge in [0, 0.05) is 18.6 Å². The van der Waals surface area contributed by atoms with Gasteiger partial charge in [0.25, 0.3) is 5.69 Å². The van der Waals surface area contributed by atoms with E-state index in [4.69, 9.17) is 0 Å². The number of hydrogen-bond acceptors (Lipinski definition) is 4. The number of carbonyl (C=O) groups is 2. The van der Waals surface area contributed by atoms with E-state index in [1.165, 1.54) is 24.3 Å². The van der Waals surface area contributed by atoms with Crippen molar-refractivity contribution in [1.82, 2.24) is 0 Å². The Morgan fingerprint density at radius 3 is 2.29 bits per heavy atom. The second-order valence-corrected chi connectivity index (χ2v) is 5.85. The number of carbonyl (C=O) groups excluding carboxylic acids is 2. The van der Waals surface area contributed by atoms with Gasteiger partial charge >= 0.3 is 0 Å². The standard InChI is InChI=1S/C18H16N2O4/c1-12(13-5-3-2-4-6-13)16-11-17(21)19(18(16)22)14-7-9-15(10-8-14)20(23)24/h2-10,12,16H,11H2,1H3/t12-,16-/m1/s1. The lowest BCUT2D eigenvalue weighted by Gasteiger charge is -2.19. The highest BCUT2D eigenvalue weighted by atomic mass is 16.6. The minimum Gasteiger partial charge on any atom is -0.274 e. The molecule has 1 heterocycles. The number of hydrogen-bond donors (Lipinski definition) is 0. The second kappa shape index (κ2) is 6.23. The molecule has 2 atom stereocenters. The van der Waals surface area contributed by atoms with Crippen molar-refractivity contribution >= 4 is 23.2 Å². The predicted octanol–water partition coefficient (Wildman–Crippen LogP) is 3.28. The zero-order chi connectivity index (χ0) is 17.3. The highest BCUT2D eigenvalue weighted by Gasteiger charge is 2.42. The zero-order valence-corrected chi connectivity index (χ0v) is 13.1. The summed E-state index contributed by atoms with van der Waals surface area (Å²) < 4.78 is 0. The molecule has 0 radical (unpaired) electrons. The van der Waals surface area contributed by atoms with Crippen LogP contribution in [0.3, 0.4) is 0 Å². The molecule has 1 saturated heterocycles.